The van der Waals surface area contributed by atoms with Crippen LogP contribution in [0.4, 0.5) is 15.9 Å². The van der Waals surface area contributed by atoms with Gasteiger partial charge in [-0.05, 0) is 28.5 Å². The van der Waals surface area contributed by atoms with E-state index in [-0.39, 0.29) is 29.1 Å². The predicted molar refractivity (Wildman–Crippen MR) is 87.7 cm³/mol. The van der Waals surface area contributed by atoms with Gasteiger partial charge in [0.15, 0.2) is 17.5 Å². The largest absolute Gasteiger partial charge is 0.370 e. The summed E-state index contributed by atoms with van der Waals surface area (Å²) in [7, 11) is 1.64. The van der Waals surface area contributed by atoms with E-state index in [1.807, 2.05) is 0 Å². The number of amidine groups is 1. The Morgan fingerprint density at radius 1 is 1.30 bits per heavy atom. The molecule has 0 saturated heterocycles. The molecular formula is C12H16BFN8O. The molecule has 0 bridgehead atoms. The first kappa shape index (κ1) is 16.3. The highest BCUT2D eigenvalue weighted by atomic mass is 19.1. The van der Waals surface area contributed by atoms with Gasteiger partial charge in [-0.1, -0.05) is 5.46 Å². The smallest absolute Gasteiger partial charge is 0.202 e. The van der Waals surface area contributed by atoms with Crippen LogP contribution >= 0.6 is 0 Å². The average Bonchev–Trinajstić information content (AvgIpc) is 2.96. The molecule has 2 aromatic rings. The second-order valence-electron chi connectivity index (χ2n) is 4.69. The second-order valence-corrected chi connectivity index (χ2v) is 4.69. The summed E-state index contributed by atoms with van der Waals surface area (Å²) >= 11 is 0. The van der Waals surface area contributed by atoms with E-state index in [0.717, 1.165) is 0 Å². The van der Waals surface area contributed by atoms with Crippen molar-refractivity contribution in [3.63, 3.8) is 0 Å². The summed E-state index contributed by atoms with van der Waals surface area (Å²) in [6.07, 6.45) is 0. The molecule has 120 valence electrons. The van der Waals surface area contributed by atoms with E-state index in [4.69, 9.17) is 16.6 Å². The lowest BCUT2D eigenvalue weighted by Gasteiger charge is -2.09. The molecule has 0 fully saturated rings. The number of nitrogens with zero attached hydrogens (tertiary/aromatic N) is 2. The quantitative estimate of drug-likeness (QED) is 0.169. The molecule has 0 unspecified atom stereocenters. The van der Waals surface area contributed by atoms with E-state index in [2.05, 4.69) is 30.9 Å². The summed E-state index contributed by atoms with van der Waals surface area (Å²) < 4.78 is 17.9. The number of nitrogens with two attached hydrogens (primary N) is 1. The van der Waals surface area contributed by atoms with Crippen molar-refractivity contribution >= 4 is 36.6 Å². The molecule has 0 amide bonds. The van der Waals surface area contributed by atoms with E-state index >= 15 is 0 Å². The average molecular weight is 318 g/mol. The zero-order chi connectivity index (χ0) is 16.8. The monoisotopic (exact) mass is 318 g/mol. The van der Waals surface area contributed by atoms with Gasteiger partial charge >= 0.3 is 0 Å². The maximum absolute atomic E-state index is 13.2. The van der Waals surface area contributed by atoms with Gasteiger partial charge in [-0.15, -0.1) is 0 Å². The third-order valence-electron chi connectivity index (χ3n) is 2.89. The van der Waals surface area contributed by atoms with Crippen molar-refractivity contribution in [2.24, 2.45) is 5.73 Å². The van der Waals surface area contributed by atoms with Crippen molar-refractivity contribution in [3.8, 4) is 0 Å². The maximum atomic E-state index is 13.2. The molecule has 0 aliphatic heterocycles. The van der Waals surface area contributed by atoms with E-state index in [0.29, 0.717) is 24.2 Å². The minimum absolute atomic E-state index is 0.0423. The van der Waals surface area contributed by atoms with Crippen molar-refractivity contribution < 1.29 is 9.02 Å². The van der Waals surface area contributed by atoms with Crippen LogP contribution < -0.4 is 27.1 Å². The molecule has 1 aromatic carbocycles. The molecule has 0 aliphatic carbocycles. The molecule has 23 heavy (non-hydrogen) atoms. The Morgan fingerprint density at radius 2 is 2.09 bits per heavy atom. The highest BCUT2D eigenvalue weighted by Crippen LogP contribution is 2.13. The van der Waals surface area contributed by atoms with Crippen LogP contribution in [-0.4, -0.2) is 43.0 Å². The fraction of sp³-hybridized carbons (Fsp3) is 0.167. The fourth-order valence-corrected chi connectivity index (χ4v) is 1.77. The van der Waals surface area contributed by atoms with Crippen molar-refractivity contribution in [3.05, 3.63) is 29.7 Å². The van der Waals surface area contributed by atoms with E-state index in [1.54, 1.807) is 13.9 Å². The maximum Gasteiger partial charge on any atom is 0.202 e. The highest BCUT2D eigenvalue weighted by Gasteiger charge is 2.15. The Bertz CT molecular complexity index is 719. The standard InChI is InChI=1S/C12H16BFN8O/c13-7-5-6(1-2-8(7)14)20-10(15)9-11(22-23-21-9)18-3-4-19-12(16)17/h1-2,5H,3-4,13H2,(H2,15,20)(H,18,22)(H4,16,17,19). The molecule has 2 rings (SSSR count). The van der Waals surface area contributed by atoms with Crippen LogP contribution in [-0.2, 0) is 0 Å². The number of halogens is 1. The van der Waals surface area contributed by atoms with Crippen molar-refractivity contribution in [2.75, 3.05) is 23.7 Å². The number of hydrogen-bond acceptors (Lipinski definition) is 6. The third kappa shape index (κ3) is 4.43. The van der Waals surface area contributed by atoms with Gasteiger partial charge in [0, 0.05) is 18.8 Å². The van der Waals surface area contributed by atoms with E-state index in [9.17, 15) is 4.39 Å². The molecule has 0 spiro atoms. The summed E-state index contributed by atoms with van der Waals surface area (Å²) in [6.45, 7) is 0.809. The van der Waals surface area contributed by atoms with Gasteiger partial charge in [0.25, 0.3) is 0 Å². The zero-order valence-corrected chi connectivity index (χ0v) is 12.4. The normalized spacial score (nSPS) is 10.1. The topological polar surface area (TPSA) is 149 Å². The number of aromatic nitrogens is 2. The summed E-state index contributed by atoms with van der Waals surface area (Å²) in [5.74, 6) is -0.206. The number of guanidine groups is 1. The lowest BCUT2D eigenvalue weighted by molar-refractivity contribution is 0.308. The second kappa shape index (κ2) is 7.25. The Morgan fingerprint density at radius 3 is 2.78 bits per heavy atom. The minimum Gasteiger partial charge on any atom is -0.370 e. The fourth-order valence-electron chi connectivity index (χ4n) is 1.77. The molecule has 0 atom stereocenters. The Balaban J connectivity index is 1.98. The Labute approximate surface area is 132 Å². The summed E-state index contributed by atoms with van der Waals surface area (Å²) in [6, 6.07) is 4.42. The van der Waals surface area contributed by atoms with Gasteiger partial charge < -0.3 is 21.7 Å². The number of anilines is 2. The van der Waals surface area contributed by atoms with Crippen LogP contribution in [0.5, 0.6) is 0 Å². The molecule has 0 saturated carbocycles. The van der Waals surface area contributed by atoms with Gasteiger partial charge in [-0.3, -0.25) is 10.8 Å². The van der Waals surface area contributed by atoms with Gasteiger partial charge in [-0.2, -0.15) is 0 Å². The molecule has 1 aromatic heterocycles. The van der Waals surface area contributed by atoms with E-state index < -0.39 is 0 Å². The Hall–Kier alpha value is -3.11. The summed E-state index contributed by atoms with van der Waals surface area (Å²) in [4.78, 5) is 0. The molecule has 0 aliphatic rings. The number of hydrogen-bond donors (Lipinski definition) is 6. The summed E-state index contributed by atoms with van der Waals surface area (Å²) in [5, 5.41) is 30.7. The number of nitrogens with one attached hydrogen (secondary N) is 5. The predicted octanol–water partition coefficient (Wildman–Crippen LogP) is -1.20. The van der Waals surface area contributed by atoms with Crippen LogP contribution in [0.3, 0.4) is 0 Å². The lowest BCUT2D eigenvalue weighted by atomic mass is 9.95. The SMILES string of the molecule is Bc1cc(NC(=N)c2nonc2NCCNC(=N)N)ccc1F. The third-order valence-corrected chi connectivity index (χ3v) is 2.89. The molecule has 1 heterocycles. The lowest BCUT2D eigenvalue weighted by Crippen LogP contribution is -2.34. The van der Waals surface area contributed by atoms with Crippen molar-refractivity contribution in [1.82, 2.24) is 15.6 Å². The summed E-state index contributed by atoms with van der Waals surface area (Å²) in [5.41, 5.74) is 6.38. The first-order valence-corrected chi connectivity index (χ1v) is 6.74. The highest BCUT2D eigenvalue weighted by molar-refractivity contribution is 6.32. The van der Waals surface area contributed by atoms with Crippen LogP contribution in [0.25, 0.3) is 0 Å². The van der Waals surface area contributed by atoms with E-state index in [1.165, 1.54) is 12.1 Å². The van der Waals surface area contributed by atoms with Crippen LogP contribution in [0, 0.1) is 16.6 Å². The molecule has 9 nitrogen and oxygen atoms in total. The zero-order valence-electron chi connectivity index (χ0n) is 12.4. The van der Waals surface area contributed by atoms with Gasteiger partial charge in [0.1, 0.15) is 13.7 Å². The van der Waals surface area contributed by atoms with Crippen molar-refractivity contribution in [2.45, 2.75) is 0 Å². The van der Waals surface area contributed by atoms with Crippen LogP contribution in [0.15, 0.2) is 22.8 Å². The molecule has 0 radical (unpaired) electrons. The first-order valence-electron chi connectivity index (χ1n) is 6.74. The van der Waals surface area contributed by atoms with Gasteiger partial charge in [-0.25, -0.2) is 9.02 Å². The van der Waals surface area contributed by atoms with Gasteiger partial charge in [0.2, 0.25) is 5.82 Å². The molecule has 11 heteroatoms. The number of rotatable bonds is 6. The van der Waals surface area contributed by atoms with Gasteiger partial charge in [0.05, 0.1) is 0 Å². The van der Waals surface area contributed by atoms with Crippen molar-refractivity contribution in [1.29, 1.82) is 10.8 Å². The Kier molecular flexibility index (Phi) is 5.13. The minimum atomic E-state index is -0.314. The number of benzene rings is 1. The van der Waals surface area contributed by atoms with Crippen LogP contribution in [0.1, 0.15) is 5.69 Å². The molecular weight excluding hydrogens is 302 g/mol. The van der Waals surface area contributed by atoms with Crippen LogP contribution in [0.2, 0.25) is 0 Å². The first-order chi connectivity index (χ1) is 11.0. The molecule has 7 N–H and O–H groups in total.